The van der Waals surface area contributed by atoms with Crippen molar-refractivity contribution in [1.82, 2.24) is 14.9 Å². The first-order valence-corrected chi connectivity index (χ1v) is 6.31. The first kappa shape index (κ1) is 13.3. The van der Waals surface area contributed by atoms with E-state index in [1.807, 2.05) is 13.8 Å². The fourth-order valence-corrected chi connectivity index (χ4v) is 1.91. The number of benzene rings is 1. The maximum atomic E-state index is 13.0. The van der Waals surface area contributed by atoms with Crippen molar-refractivity contribution in [2.75, 3.05) is 25.0 Å². The summed E-state index contributed by atoms with van der Waals surface area (Å²) in [5, 5.41) is 2.92. The van der Waals surface area contributed by atoms with E-state index in [9.17, 15) is 9.18 Å². The zero-order valence-corrected chi connectivity index (χ0v) is 11.0. The zero-order valence-electron chi connectivity index (χ0n) is 11.0. The maximum Gasteiger partial charge on any atom is 0.241 e. The average molecular weight is 264 g/mol. The Kier molecular flexibility index (Phi) is 3.99. The number of H-pyrrole nitrogens is 1. The van der Waals surface area contributed by atoms with Gasteiger partial charge in [0.1, 0.15) is 5.82 Å². The van der Waals surface area contributed by atoms with Gasteiger partial charge in [0.15, 0.2) is 0 Å². The van der Waals surface area contributed by atoms with Gasteiger partial charge in [-0.2, -0.15) is 0 Å². The summed E-state index contributed by atoms with van der Waals surface area (Å²) >= 11 is 0. The molecule has 102 valence electrons. The second-order valence-corrected chi connectivity index (χ2v) is 4.17. The molecular formula is C13H17FN4O. The van der Waals surface area contributed by atoms with Crippen molar-refractivity contribution in [2.24, 2.45) is 0 Å². The molecule has 19 heavy (non-hydrogen) atoms. The predicted octanol–water partition coefficient (Wildman–Crippen LogP) is 1.98. The Morgan fingerprint density at radius 2 is 2.16 bits per heavy atom. The Balaban J connectivity index is 2.03. The van der Waals surface area contributed by atoms with Crippen LogP contribution in [-0.2, 0) is 4.79 Å². The van der Waals surface area contributed by atoms with E-state index in [2.05, 4.69) is 15.3 Å². The number of hydrogen-bond acceptors (Lipinski definition) is 3. The van der Waals surface area contributed by atoms with Gasteiger partial charge >= 0.3 is 0 Å². The van der Waals surface area contributed by atoms with Crippen molar-refractivity contribution in [3.63, 3.8) is 0 Å². The Hall–Kier alpha value is -2.11. The van der Waals surface area contributed by atoms with Gasteiger partial charge in [-0.25, -0.2) is 9.37 Å². The average Bonchev–Trinajstić information content (AvgIpc) is 2.79. The number of amides is 1. The highest BCUT2D eigenvalue weighted by molar-refractivity contribution is 5.82. The molecule has 0 bridgehead atoms. The minimum Gasteiger partial charge on any atom is -0.347 e. The third kappa shape index (κ3) is 3.01. The molecule has 0 aliphatic heterocycles. The second-order valence-electron chi connectivity index (χ2n) is 4.17. The minimum atomic E-state index is -0.318. The molecule has 5 nitrogen and oxygen atoms in total. The smallest absolute Gasteiger partial charge is 0.241 e. The molecule has 1 aromatic carbocycles. The van der Waals surface area contributed by atoms with Gasteiger partial charge in [-0.15, -0.1) is 0 Å². The van der Waals surface area contributed by atoms with Crippen LogP contribution in [-0.4, -0.2) is 40.4 Å². The third-order valence-corrected chi connectivity index (χ3v) is 2.97. The van der Waals surface area contributed by atoms with Gasteiger partial charge in [-0.3, -0.25) is 4.79 Å². The number of nitrogens with zero attached hydrogens (tertiary/aromatic N) is 2. The highest BCUT2D eigenvalue weighted by Gasteiger charge is 2.10. The number of hydrogen-bond donors (Lipinski definition) is 2. The summed E-state index contributed by atoms with van der Waals surface area (Å²) in [5.41, 5.74) is 1.27. The summed E-state index contributed by atoms with van der Waals surface area (Å²) < 4.78 is 13.0. The van der Waals surface area contributed by atoms with E-state index in [0.717, 1.165) is 0 Å². The molecular weight excluding hydrogens is 247 g/mol. The van der Waals surface area contributed by atoms with Crippen LogP contribution in [0.4, 0.5) is 10.3 Å². The molecule has 0 aliphatic rings. The lowest BCUT2D eigenvalue weighted by Crippen LogP contribution is -2.35. The summed E-state index contributed by atoms with van der Waals surface area (Å²) in [5.74, 6) is 0.166. The van der Waals surface area contributed by atoms with Crippen molar-refractivity contribution >= 4 is 22.9 Å². The van der Waals surface area contributed by atoms with Crippen LogP contribution >= 0.6 is 0 Å². The molecule has 0 atom stereocenters. The number of fused-ring (bicyclic) bond motifs is 1. The molecule has 0 radical (unpaired) electrons. The summed E-state index contributed by atoms with van der Waals surface area (Å²) in [7, 11) is 0. The Morgan fingerprint density at radius 1 is 1.42 bits per heavy atom. The molecule has 0 saturated heterocycles. The molecule has 2 aromatic rings. The normalized spacial score (nSPS) is 10.7. The molecule has 0 spiro atoms. The highest BCUT2D eigenvalue weighted by atomic mass is 19.1. The van der Waals surface area contributed by atoms with E-state index >= 15 is 0 Å². The van der Waals surface area contributed by atoms with Crippen molar-refractivity contribution in [3.8, 4) is 0 Å². The molecule has 0 aliphatic carbocycles. The molecule has 0 unspecified atom stereocenters. The Morgan fingerprint density at radius 3 is 2.84 bits per heavy atom. The van der Waals surface area contributed by atoms with Gasteiger partial charge in [0.2, 0.25) is 11.9 Å². The lowest BCUT2D eigenvalue weighted by Gasteiger charge is -2.18. The zero-order chi connectivity index (χ0) is 13.8. The van der Waals surface area contributed by atoms with E-state index < -0.39 is 0 Å². The molecule has 1 heterocycles. The number of aromatic amines is 1. The third-order valence-electron chi connectivity index (χ3n) is 2.97. The van der Waals surface area contributed by atoms with Crippen LogP contribution < -0.4 is 5.32 Å². The van der Waals surface area contributed by atoms with E-state index in [4.69, 9.17) is 0 Å². The van der Waals surface area contributed by atoms with Crippen molar-refractivity contribution in [1.29, 1.82) is 0 Å². The van der Waals surface area contributed by atoms with Gasteiger partial charge < -0.3 is 15.2 Å². The number of rotatable bonds is 5. The van der Waals surface area contributed by atoms with E-state index in [-0.39, 0.29) is 18.3 Å². The molecule has 6 heteroatoms. The predicted molar refractivity (Wildman–Crippen MR) is 72.5 cm³/mol. The summed E-state index contributed by atoms with van der Waals surface area (Å²) in [4.78, 5) is 20.7. The van der Waals surface area contributed by atoms with Crippen LogP contribution in [0.5, 0.6) is 0 Å². The lowest BCUT2D eigenvalue weighted by molar-refractivity contribution is -0.128. The largest absolute Gasteiger partial charge is 0.347 e. The van der Waals surface area contributed by atoms with Crippen LogP contribution in [0, 0.1) is 5.82 Å². The van der Waals surface area contributed by atoms with Gasteiger partial charge in [-0.1, -0.05) is 0 Å². The van der Waals surface area contributed by atoms with Crippen molar-refractivity contribution in [3.05, 3.63) is 24.0 Å². The SMILES string of the molecule is CCN(CC)C(=O)CNc1nc2ccc(F)cc2[nH]1. The van der Waals surface area contributed by atoms with Crippen molar-refractivity contribution < 1.29 is 9.18 Å². The van der Waals surface area contributed by atoms with E-state index in [1.54, 1.807) is 11.0 Å². The fraction of sp³-hybridized carbons (Fsp3) is 0.385. The molecule has 0 fully saturated rings. The van der Waals surface area contributed by atoms with E-state index in [0.29, 0.717) is 30.1 Å². The summed E-state index contributed by atoms with van der Waals surface area (Å²) in [6.45, 7) is 5.41. The topological polar surface area (TPSA) is 61.0 Å². The molecule has 1 amide bonds. The van der Waals surface area contributed by atoms with Crippen LogP contribution in [0.25, 0.3) is 11.0 Å². The van der Waals surface area contributed by atoms with Gasteiger partial charge in [0.05, 0.1) is 17.6 Å². The number of imidazole rings is 1. The van der Waals surface area contributed by atoms with Crippen LogP contribution in [0.3, 0.4) is 0 Å². The van der Waals surface area contributed by atoms with Gasteiger partial charge in [0, 0.05) is 13.1 Å². The second kappa shape index (κ2) is 5.69. The van der Waals surface area contributed by atoms with Crippen LogP contribution in [0.15, 0.2) is 18.2 Å². The summed E-state index contributed by atoms with van der Waals surface area (Å²) in [6.07, 6.45) is 0. The van der Waals surface area contributed by atoms with Crippen LogP contribution in [0.2, 0.25) is 0 Å². The molecule has 2 N–H and O–H groups in total. The standard InChI is InChI=1S/C13H17FN4O/c1-3-18(4-2)12(19)8-15-13-16-10-6-5-9(14)7-11(10)17-13/h5-7H,3-4,8H2,1-2H3,(H2,15,16,17). The Bertz CT molecular complexity index is 577. The number of likely N-dealkylation sites (N-methyl/N-ethyl adjacent to an activating group) is 1. The van der Waals surface area contributed by atoms with Crippen LogP contribution in [0.1, 0.15) is 13.8 Å². The van der Waals surface area contributed by atoms with Crippen molar-refractivity contribution in [2.45, 2.75) is 13.8 Å². The maximum absolute atomic E-state index is 13.0. The lowest BCUT2D eigenvalue weighted by atomic mass is 10.3. The number of aromatic nitrogens is 2. The van der Waals surface area contributed by atoms with Gasteiger partial charge in [0.25, 0.3) is 0 Å². The summed E-state index contributed by atoms with van der Waals surface area (Å²) in [6, 6.07) is 4.33. The van der Waals surface area contributed by atoms with E-state index in [1.165, 1.54) is 12.1 Å². The quantitative estimate of drug-likeness (QED) is 0.868. The molecule has 0 saturated carbocycles. The monoisotopic (exact) mass is 264 g/mol. The Labute approximate surface area is 110 Å². The van der Waals surface area contributed by atoms with Gasteiger partial charge in [-0.05, 0) is 32.0 Å². The number of anilines is 1. The first-order valence-electron chi connectivity index (χ1n) is 6.31. The number of nitrogens with one attached hydrogen (secondary N) is 2. The minimum absolute atomic E-state index is 0.0108. The number of carbonyl (C=O) groups is 1. The molecule has 1 aromatic heterocycles. The fourth-order valence-electron chi connectivity index (χ4n) is 1.91. The number of halogens is 1. The first-order chi connectivity index (χ1) is 9.13. The molecule has 2 rings (SSSR count). The number of carbonyl (C=O) groups excluding carboxylic acids is 1. The highest BCUT2D eigenvalue weighted by Crippen LogP contribution is 2.15.